The second-order valence-corrected chi connectivity index (χ2v) is 4.62. The molecule has 0 atom stereocenters. The number of hydrogen-bond donors (Lipinski definition) is 1. The highest BCUT2D eigenvalue weighted by Gasteiger charge is 2.07. The van der Waals surface area contributed by atoms with Crippen LogP contribution in [-0.4, -0.2) is 26.1 Å². The molecule has 1 aromatic heterocycles. The van der Waals surface area contributed by atoms with Crippen LogP contribution in [0.5, 0.6) is 0 Å². The molecule has 0 saturated carbocycles. The lowest BCUT2D eigenvalue weighted by molar-refractivity contribution is 0.0951. The minimum Gasteiger partial charge on any atom is -0.348 e. The number of halogens is 1. The molecule has 1 heterocycles. The van der Waals surface area contributed by atoms with Crippen molar-refractivity contribution in [3.8, 4) is 5.69 Å². The second kappa shape index (κ2) is 6.13. The van der Waals surface area contributed by atoms with Gasteiger partial charge < -0.3 is 5.32 Å². The van der Waals surface area contributed by atoms with Crippen molar-refractivity contribution in [1.29, 1.82) is 0 Å². The van der Waals surface area contributed by atoms with Crippen LogP contribution in [0.3, 0.4) is 0 Å². The van der Waals surface area contributed by atoms with Gasteiger partial charge in [-0.3, -0.25) is 4.79 Å². The first kappa shape index (κ1) is 13.9. The molecule has 0 aliphatic rings. The number of aromatic nitrogens is 4. The fourth-order valence-electron chi connectivity index (χ4n) is 2.00. The van der Waals surface area contributed by atoms with Crippen molar-refractivity contribution in [3.63, 3.8) is 0 Å². The molecule has 1 amide bonds. The summed E-state index contributed by atoms with van der Waals surface area (Å²) >= 11 is 0. The fourth-order valence-corrected chi connectivity index (χ4v) is 2.00. The van der Waals surface area contributed by atoms with Gasteiger partial charge in [0.1, 0.15) is 12.1 Å². The highest BCUT2D eigenvalue weighted by molar-refractivity contribution is 5.94. The van der Waals surface area contributed by atoms with Gasteiger partial charge in [-0.1, -0.05) is 18.2 Å². The zero-order chi connectivity index (χ0) is 15.4. The summed E-state index contributed by atoms with van der Waals surface area (Å²) in [6, 6.07) is 13.0. The van der Waals surface area contributed by atoms with Crippen molar-refractivity contribution >= 4 is 5.91 Å². The smallest absolute Gasteiger partial charge is 0.251 e. The van der Waals surface area contributed by atoms with E-state index in [2.05, 4.69) is 20.8 Å². The highest BCUT2D eigenvalue weighted by Crippen LogP contribution is 2.09. The summed E-state index contributed by atoms with van der Waals surface area (Å²) in [5.74, 6) is -0.577. The van der Waals surface area contributed by atoms with Crippen LogP contribution in [0.15, 0.2) is 54.9 Å². The Morgan fingerprint density at radius 1 is 1.18 bits per heavy atom. The molecular formula is C15H12FN5O. The first-order valence-electron chi connectivity index (χ1n) is 6.58. The molecule has 3 rings (SSSR count). The van der Waals surface area contributed by atoms with Crippen molar-refractivity contribution in [3.05, 3.63) is 71.8 Å². The molecular weight excluding hydrogens is 285 g/mol. The summed E-state index contributed by atoms with van der Waals surface area (Å²) in [5, 5.41) is 13.6. The van der Waals surface area contributed by atoms with Gasteiger partial charge in [0, 0.05) is 12.1 Å². The topological polar surface area (TPSA) is 72.7 Å². The standard InChI is InChI=1S/C15H12FN5O/c16-13-5-1-3-11(7-13)9-17-15(22)12-4-2-6-14(8-12)21-10-18-19-20-21/h1-8,10H,9H2,(H,17,22). The van der Waals surface area contributed by atoms with Crippen LogP contribution in [0.4, 0.5) is 4.39 Å². The van der Waals surface area contributed by atoms with E-state index in [1.165, 1.54) is 23.1 Å². The van der Waals surface area contributed by atoms with Crippen molar-refractivity contribution in [2.24, 2.45) is 0 Å². The Morgan fingerprint density at radius 3 is 2.82 bits per heavy atom. The van der Waals surface area contributed by atoms with Crippen LogP contribution >= 0.6 is 0 Å². The van der Waals surface area contributed by atoms with Gasteiger partial charge in [-0.05, 0) is 46.3 Å². The maximum atomic E-state index is 13.1. The third-order valence-electron chi connectivity index (χ3n) is 3.06. The number of nitrogens with one attached hydrogen (secondary N) is 1. The van der Waals surface area contributed by atoms with Crippen LogP contribution in [0, 0.1) is 5.82 Å². The van der Waals surface area contributed by atoms with Gasteiger partial charge in [0.25, 0.3) is 5.91 Å². The second-order valence-electron chi connectivity index (χ2n) is 4.62. The monoisotopic (exact) mass is 297 g/mol. The van der Waals surface area contributed by atoms with E-state index in [4.69, 9.17) is 0 Å². The minimum atomic E-state index is -0.326. The van der Waals surface area contributed by atoms with Gasteiger partial charge in [0.15, 0.2) is 0 Å². The van der Waals surface area contributed by atoms with E-state index >= 15 is 0 Å². The van der Waals surface area contributed by atoms with E-state index in [1.54, 1.807) is 36.4 Å². The number of rotatable bonds is 4. The molecule has 22 heavy (non-hydrogen) atoms. The van der Waals surface area contributed by atoms with E-state index in [-0.39, 0.29) is 18.3 Å². The van der Waals surface area contributed by atoms with Crippen molar-refractivity contribution in [1.82, 2.24) is 25.5 Å². The lowest BCUT2D eigenvalue weighted by Gasteiger charge is -2.07. The Hall–Kier alpha value is -3.09. The Kier molecular flexibility index (Phi) is 3.86. The van der Waals surface area contributed by atoms with Crippen molar-refractivity contribution in [2.75, 3.05) is 0 Å². The lowest BCUT2D eigenvalue weighted by atomic mass is 10.1. The van der Waals surface area contributed by atoms with Gasteiger partial charge in [0.05, 0.1) is 5.69 Å². The summed E-state index contributed by atoms with van der Waals surface area (Å²) in [5.41, 5.74) is 1.86. The molecule has 0 saturated heterocycles. The average molecular weight is 297 g/mol. The zero-order valence-corrected chi connectivity index (χ0v) is 11.5. The molecule has 0 bridgehead atoms. The van der Waals surface area contributed by atoms with E-state index < -0.39 is 0 Å². The summed E-state index contributed by atoms with van der Waals surface area (Å²) in [6.45, 7) is 0.256. The molecule has 0 aliphatic carbocycles. The quantitative estimate of drug-likeness (QED) is 0.796. The molecule has 0 fully saturated rings. The predicted octanol–water partition coefficient (Wildman–Crippen LogP) is 1.73. The van der Waals surface area contributed by atoms with Gasteiger partial charge in [0.2, 0.25) is 0 Å². The summed E-state index contributed by atoms with van der Waals surface area (Å²) in [6.07, 6.45) is 1.45. The maximum Gasteiger partial charge on any atom is 0.251 e. The van der Waals surface area contributed by atoms with E-state index in [0.717, 1.165) is 0 Å². The fraction of sp³-hybridized carbons (Fsp3) is 0.0667. The third-order valence-corrected chi connectivity index (χ3v) is 3.06. The third kappa shape index (κ3) is 3.14. The molecule has 0 radical (unpaired) electrons. The van der Waals surface area contributed by atoms with E-state index in [1.807, 2.05) is 0 Å². The number of amides is 1. The van der Waals surface area contributed by atoms with Crippen molar-refractivity contribution in [2.45, 2.75) is 6.54 Å². The largest absolute Gasteiger partial charge is 0.348 e. The van der Waals surface area contributed by atoms with Crippen molar-refractivity contribution < 1.29 is 9.18 Å². The molecule has 1 N–H and O–H groups in total. The Bertz CT molecular complexity index is 788. The van der Waals surface area contributed by atoms with Gasteiger partial charge in [-0.2, -0.15) is 0 Å². The molecule has 7 heteroatoms. The molecule has 110 valence electrons. The summed E-state index contributed by atoms with van der Waals surface area (Å²) in [4.78, 5) is 12.2. The van der Waals surface area contributed by atoms with Crippen LogP contribution in [0.25, 0.3) is 5.69 Å². The molecule has 0 spiro atoms. The minimum absolute atomic E-state index is 0.251. The lowest BCUT2D eigenvalue weighted by Crippen LogP contribution is -2.23. The number of carbonyl (C=O) groups excluding carboxylic acids is 1. The molecule has 3 aromatic rings. The Balaban J connectivity index is 1.71. The predicted molar refractivity (Wildman–Crippen MR) is 76.7 cm³/mol. The number of nitrogens with zero attached hydrogens (tertiary/aromatic N) is 4. The normalized spacial score (nSPS) is 10.4. The average Bonchev–Trinajstić information content (AvgIpc) is 3.07. The zero-order valence-electron chi connectivity index (χ0n) is 11.5. The van der Waals surface area contributed by atoms with Crippen LogP contribution in [-0.2, 0) is 6.54 Å². The Labute approximate surface area is 125 Å². The number of benzene rings is 2. The molecule has 0 aliphatic heterocycles. The number of carbonyl (C=O) groups is 1. The maximum absolute atomic E-state index is 13.1. The number of hydrogen-bond acceptors (Lipinski definition) is 4. The Morgan fingerprint density at radius 2 is 2.05 bits per heavy atom. The highest BCUT2D eigenvalue weighted by atomic mass is 19.1. The van der Waals surface area contributed by atoms with E-state index in [9.17, 15) is 9.18 Å². The van der Waals surface area contributed by atoms with Crippen LogP contribution < -0.4 is 5.32 Å². The van der Waals surface area contributed by atoms with Gasteiger partial charge >= 0.3 is 0 Å². The first-order valence-corrected chi connectivity index (χ1v) is 6.58. The molecule has 6 nitrogen and oxygen atoms in total. The van der Waals surface area contributed by atoms with E-state index in [0.29, 0.717) is 16.8 Å². The molecule has 2 aromatic carbocycles. The van der Waals surface area contributed by atoms with Gasteiger partial charge in [-0.15, -0.1) is 5.10 Å². The summed E-state index contributed by atoms with van der Waals surface area (Å²) in [7, 11) is 0. The number of tetrazole rings is 1. The van der Waals surface area contributed by atoms with Crippen LogP contribution in [0.2, 0.25) is 0 Å². The SMILES string of the molecule is O=C(NCc1cccc(F)c1)c1cccc(-n2cnnn2)c1. The van der Waals surface area contributed by atoms with Gasteiger partial charge in [-0.25, -0.2) is 9.07 Å². The van der Waals surface area contributed by atoms with Crippen LogP contribution in [0.1, 0.15) is 15.9 Å². The molecule has 0 unspecified atom stereocenters. The first-order chi connectivity index (χ1) is 10.7. The summed E-state index contributed by atoms with van der Waals surface area (Å²) < 4.78 is 14.6.